The molecule has 0 aliphatic rings. The van der Waals surface area contributed by atoms with Gasteiger partial charge in [-0.1, -0.05) is 25.1 Å². The Bertz CT molecular complexity index is 760. The molecule has 0 saturated heterocycles. The van der Waals surface area contributed by atoms with Gasteiger partial charge in [0.05, 0.1) is 5.52 Å². The lowest BCUT2D eigenvalue weighted by Gasteiger charge is -2.08. The molecule has 3 rings (SSSR count). The fraction of sp³-hybridized carbons (Fsp3) is 0.235. The van der Waals surface area contributed by atoms with Gasteiger partial charge in [0, 0.05) is 18.7 Å². The fourth-order valence-corrected chi connectivity index (χ4v) is 2.59. The summed E-state index contributed by atoms with van der Waals surface area (Å²) in [7, 11) is 0. The zero-order chi connectivity index (χ0) is 14.8. The molecular weight excluding hydrogens is 265 g/mol. The molecule has 1 aromatic heterocycles. The van der Waals surface area contributed by atoms with E-state index in [0.717, 1.165) is 35.6 Å². The van der Waals surface area contributed by atoms with Gasteiger partial charge in [-0.3, -0.25) is 0 Å². The molecule has 0 radical (unpaired) electrons. The minimum atomic E-state index is -0.263. The maximum atomic E-state index is 13.9. The van der Waals surface area contributed by atoms with Crippen LogP contribution < -0.4 is 5.73 Å². The molecule has 0 atom stereocenters. The zero-order valence-corrected chi connectivity index (χ0v) is 12.0. The van der Waals surface area contributed by atoms with Crippen LogP contribution >= 0.6 is 0 Å². The number of rotatable bonds is 4. The second-order valence-electron chi connectivity index (χ2n) is 5.21. The first-order valence-corrected chi connectivity index (χ1v) is 7.17. The van der Waals surface area contributed by atoms with E-state index in [-0.39, 0.29) is 5.82 Å². The van der Waals surface area contributed by atoms with Crippen molar-refractivity contribution in [2.45, 2.75) is 26.3 Å². The molecule has 0 amide bonds. The van der Waals surface area contributed by atoms with E-state index in [1.54, 1.807) is 6.07 Å². The van der Waals surface area contributed by atoms with Crippen LogP contribution in [0.5, 0.6) is 0 Å². The van der Waals surface area contributed by atoms with Gasteiger partial charge in [-0.15, -0.1) is 0 Å². The molecule has 108 valence electrons. The molecule has 3 nitrogen and oxygen atoms in total. The van der Waals surface area contributed by atoms with Gasteiger partial charge >= 0.3 is 0 Å². The lowest BCUT2D eigenvalue weighted by Crippen LogP contribution is -2.04. The number of halogens is 1. The summed E-state index contributed by atoms with van der Waals surface area (Å²) in [4.78, 5) is 4.51. The first kappa shape index (κ1) is 13.6. The first-order valence-electron chi connectivity index (χ1n) is 7.17. The molecule has 3 aromatic rings. The van der Waals surface area contributed by atoms with Gasteiger partial charge in [0.1, 0.15) is 11.3 Å². The average molecular weight is 283 g/mol. The van der Waals surface area contributed by atoms with Crippen LogP contribution in [-0.4, -0.2) is 9.55 Å². The number of nitrogens with two attached hydrogens (primary N) is 1. The highest BCUT2D eigenvalue weighted by Gasteiger charge is 2.13. The van der Waals surface area contributed by atoms with Crippen molar-refractivity contribution in [2.75, 3.05) is 5.73 Å². The first-order chi connectivity index (χ1) is 10.2. The molecule has 0 saturated carbocycles. The highest BCUT2D eigenvalue weighted by Crippen LogP contribution is 2.21. The Hall–Kier alpha value is -2.36. The number of aromatic nitrogens is 2. The van der Waals surface area contributed by atoms with Crippen molar-refractivity contribution in [1.29, 1.82) is 0 Å². The zero-order valence-electron chi connectivity index (χ0n) is 12.0. The van der Waals surface area contributed by atoms with Crippen molar-refractivity contribution in [3.05, 3.63) is 59.7 Å². The normalized spacial score (nSPS) is 11.1. The van der Waals surface area contributed by atoms with E-state index in [9.17, 15) is 4.39 Å². The van der Waals surface area contributed by atoms with Crippen LogP contribution in [0, 0.1) is 5.82 Å². The second kappa shape index (κ2) is 5.56. The average Bonchev–Trinajstić information content (AvgIpc) is 2.82. The number of hydrogen-bond donors (Lipinski definition) is 1. The second-order valence-corrected chi connectivity index (χ2v) is 5.21. The lowest BCUT2D eigenvalue weighted by molar-refractivity contribution is 0.637. The Morgan fingerprint density at radius 3 is 2.62 bits per heavy atom. The van der Waals surface area contributed by atoms with Crippen LogP contribution in [-0.2, 0) is 13.0 Å². The van der Waals surface area contributed by atoms with E-state index < -0.39 is 0 Å². The van der Waals surface area contributed by atoms with E-state index in [1.807, 2.05) is 30.3 Å². The number of para-hydroxylation sites is 1. The van der Waals surface area contributed by atoms with Gasteiger partial charge in [0.15, 0.2) is 5.82 Å². The van der Waals surface area contributed by atoms with Crippen LogP contribution in [0.3, 0.4) is 0 Å². The maximum absolute atomic E-state index is 13.9. The van der Waals surface area contributed by atoms with E-state index >= 15 is 0 Å². The summed E-state index contributed by atoms with van der Waals surface area (Å²) < 4.78 is 16.0. The van der Waals surface area contributed by atoms with Crippen molar-refractivity contribution < 1.29 is 4.39 Å². The van der Waals surface area contributed by atoms with Crippen LogP contribution in [0.1, 0.15) is 24.7 Å². The minimum absolute atomic E-state index is 0.263. The Morgan fingerprint density at radius 2 is 1.90 bits per heavy atom. The van der Waals surface area contributed by atoms with Crippen LogP contribution in [0.4, 0.5) is 10.1 Å². The standard InChI is InChI=1S/C17H18FN3/c1-2-10-21-15-5-3-4-14(18)17(15)20-16(21)11-12-6-8-13(19)9-7-12/h3-9H,2,10-11,19H2,1H3. The van der Waals surface area contributed by atoms with Crippen LogP contribution in [0.2, 0.25) is 0 Å². The number of aryl methyl sites for hydroxylation is 1. The molecule has 0 fully saturated rings. The van der Waals surface area contributed by atoms with Gasteiger partial charge in [0.25, 0.3) is 0 Å². The minimum Gasteiger partial charge on any atom is -0.399 e. The van der Waals surface area contributed by atoms with E-state index in [1.165, 1.54) is 6.07 Å². The predicted octanol–water partition coefficient (Wildman–Crippen LogP) is 3.76. The van der Waals surface area contributed by atoms with Crippen molar-refractivity contribution in [3.8, 4) is 0 Å². The third-order valence-electron chi connectivity index (χ3n) is 3.60. The summed E-state index contributed by atoms with van der Waals surface area (Å²) in [6.07, 6.45) is 1.66. The monoisotopic (exact) mass is 283 g/mol. The molecule has 0 aliphatic heterocycles. The van der Waals surface area contributed by atoms with Crippen molar-refractivity contribution >= 4 is 16.7 Å². The molecule has 2 aromatic carbocycles. The number of nitrogens with zero attached hydrogens (tertiary/aromatic N) is 2. The number of benzene rings is 2. The van der Waals surface area contributed by atoms with Crippen molar-refractivity contribution in [2.24, 2.45) is 0 Å². The molecule has 2 N–H and O–H groups in total. The molecular formula is C17H18FN3. The number of anilines is 1. The molecule has 21 heavy (non-hydrogen) atoms. The maximum Gasteiger partial charge on any atom is 0.151 e. The van der Waals surface area contributed by atoms with Crippen molar-refractivity contribution in [3.63, 3.8) is 0 Å². The summed E-state index contributed by atoms with van der Waals surface area (Å²) in [6, 6.07) is 12.8. The van der Waals surface area contributed by atoms with Gasteiger partial charge < -0.3 is 10.3 Å². The number of fused-ring (bicyclic) bond motifs is 1. The molecule has 0 unspecified atom stereocenters. The SMILES string of the molecule is CCCn1c(Cc2ccc(N)cc2)nc2c(F)cccc21. The summed E-state index contributed by atoms with van der Waals surface area (Å²) >= 11 is 0. The Balaban J connectivity index is 2.06. The molecule has 1 heterocycles. The Kier molecular flexibility index (Phi) is 3.60. The topological polar surface area (TPSA) is 43.8 Å². The van der Waals surface area contributed by atoms with Crippen molar-refractivity contribution in [1.82, 2.24) is 9.55 Å². The highest BCUT2D eigenvalue weighted by atomic mass is 19.1. The molecule has 4 heteroatoms. The lowest BCUT2D eigenvalue weighted by atomic mass is 10.1. The third kappa shape index (κ3) is 2.61. The Labute approximate surface area is 123 Å². The summed E-state index contributed by atoms with van der Waals surface area (Å²) in [5.74, 6) is 0.627. The predicted molar refractivity (Wildman–Crippen MR) is 83.6 cm³/mol. The van der Waals surface area contributed by atoms with Crippen LogP contribution in [0.15, 0.2) is 42.5 Å². The smallest absolute Gasteiger partial charge is 0.151 e. The van der Waals surface area contributed by atoms with Gasteiger partial charge in [-0.25, -0.2) is 9.37 Å². The third-order valence-corrected chi connectivity index (χ3v) is 3.60. The molecule has 0 aliphatic carbocycles. The van der Waals surface area contributed by atoms with E-state index in [4.69, 9.17) is 5.73 Å². The molecule has 0 spiro atoms. The number of imidazole rings is 1. The van der Waals surface area contributed by atoms with Gasteiger partial charge in [-0.2, -0.15) is 0 Å². The number of hydrogen-bond acceptors (Lipinski definition) is 2. The Morgan fingerprint density at radius 1 is 1.14 bits per heavy atom. The highest BCUT2D eigenvalue weighted by molar-refractivity contribution is 5.76. The van der Waals surface area contributed by atoms with E-state index in [2.05, 4.69) is 16.5 Å². The summed E-state index contributed by atoms with van der Waals surface area (Å²) in [5, 5.41) is 0. The van der Waals surface area contributed by atoms with Crippen LogP contribution in [0.25, 0.3) is 11.0 Å². The summed E-state index contributed by atoms with van der Waals surface area (Å²) in [6.45, 7) is 2.95. The fourth-order valence-electron chi connectivity index (χ4n) is 2.59. The molecule has 0 bridgehead atoms. The van der Waals surface area contributed by atoms with E-state index in [0.29, 0.717) is 11.9 Å². The largest absolute Gasteiger partial charge is 0.399 e. The quantitative estimate of drug-likeness (QED) is 0.741. The van der Waals surface area contributed by atoms with Gasteiger partial charge in [0.2, 0.25) is 0 Å². The number of nitrogen functional groups attached to an aromatic ring is 1. The summed E-state index contributed by atoms with van der Waals surface area (Å²) in [5.41, 5.74) is 8.89. The van der Waals surface area contributed by atoms with Gasteiger partial charge in [-0.05, 0) is 36.2 Å².